The number of nitrogens with one attached hydrogen (secondary N) is 1. The molecular formula is C14H31NO. The van der Waals surface area contributed by atoms with Gasteiger partial charge in [0, 0.05) is 13.2 Å². The van der Waals surface area contributed by atoms with Crippen LogP contribution in [-0.4, -0.2) is 25.8 Å². The first-order valence-corrected chi connectivity index (χ1v) is 6.57. The van der Waals surface area contributed by atoms with E-state index in [1.807, 2.05) is 14.2 Å². The van der Waals surface area contributed by atoms with Gasteiger partial charge in [-0.25, -0.2) is 0 Å². The summed E-state index contributed by atoms with van der Waals surface area (Å²) in [5.41, 5.74) is 0.399. The topological polar surface area (TPSA) is 21.3 Å². The third-order valence-corrected chi connectivity index (χ3v) is 3.77. The summed E-state index contributed by atoms with van der Waals surface area (Å²) in [6, 6.07) is 0.451. The van der Waals surface area contributed by atoms with Gasteiger partial charge in [0.15, 0.2) is 0 Å². The highest BCUT2D eigenvalue weighted by Crippen LogP contribution is 2.30. The van der Waals surface area contributed by atoms with Crippen molar-refractivity contribution in [3.05, 3.63) is 0 Å². The van der Waals surface area contributed by atoms with E-state index in [4.69, 9.17) is 4.74 Å². The van der Waals surface area contributed by atoms with Crippen LogP contribution < -0.4 is 5.32 Å². The molecule has 0 rings (SSSR count). The fourth-order valence-corrected chi connectivity index (χ4v) is 2.42. The molecular weight excluding hydrogens is 198 g/mol. The van der Waals surface area contributed by atoms with Gasteiger partial charge in [-0.05, 0) is 38.1 Å². The minimum absolute atomic E-state index is 0.000000000000000222. The van der Waals surface area contributed by atoms with Crippen LogP contribution in [0.25, 0.3) is 0 Å². The Morgan fingerprint density at radius 2 is 1.62 bits per heavy atom. The fourth-order valence-electron chi connectivity index (χ4n) is 2.42. The summed E-state index contributed by atoms with van der Waals surface area (Å²) in [5, 5.41) is 3.44. The van der Waals surface area contributed by atoms with Crippen molar-refractivity contribution in [1.29, 1.82) is 0 Å². The van der Waals surface area contributed by atoms with Crippen molar-refractivity contribution >= 4 is 0 Å². The first-order valence-electron chi connectivity index (χ1n) is 6.57. The molecule has 0 bridgehead atoms. The molecule has 98 valence electrons. The summed E-state index contributed by atoms with van der Waals surface area (Å²) in [6.07, 6.45) is 4.53. The smallest absolute Gasteiger partial charge is 0.0825 e. The first-order chi connectivity index (χ1) is 7.35. The van der Waals surface area contributed by atoms with E-state index in [9.17, 15) is 0 Å². The zero-order chi connectivity index (χ0) is 12.8. The van der Waals surface area contributed by atoms with Crippen LogP contribution >= 0.6 is 0 Å². The molecule has 0 heterocycles. The van der Waals surface area contributed by atoms with E-state index >= 15 is 0 Å². The van der Waals surface area contributed by atoms with E-state index in [2.05, 4.69) is 39.9 Å². The molecule has 2 nitrogen and oxygen atoms in total. The zero-order valence-corrected chi connectivity index (χ0v) is 12.3. The van der Waals surface area contributed by atoms with Gasteiger partial charge in [0.2, 0.25) is 0 Å². The maximum absolute atomic E-state index is 5.79. The summed E-state index contributed by atoms with van der Waals surface area (Å²) in [4.78, 5) is 0. The Bertz CT molecular complexity index is 171. The van der Waals surface area contributed by atoms with Crippen molar-refractivity contribution in [1.82, 2.24) is 5.32 Å². The van der Waals surface area contributed by atoms with Crippen LogP contribution in [0.15, 0.2) is 0 Å². The first kappa shape index (κ1) is 15.9. The molecule has 0 aliphatic carbocycles. The molecule has 0 aromatic heterocycles. The van der Waals surface area contributed by atoms with Crippen molar-refractivity contribution in [2.45, 2.75) is 71.9 Å². The lowest BCUT2D eigenvalue weighted by Gasteiger charge is -2.39. The summed E-state index contributed by atoms with van der Waals surface area (Å²) < 4.78 is 5.79. The van der Waals surface area contributed by atoms with Crippen molar-refractivity contribution in [2.24, 2.45) is 5.41 Å². The maximum atomic E-state index is 5.79. The van der Waals surface area contributed by atoms with Crippen molar-refractivity contribution in [2.75, 3.05) is 14.2 Å². The average Bonchev–Trinajstić information content (AvgIpc) is 2.23. The minimum Gasteiger partial charge on any atom is -0.377 e. The molecule has 0 aliphatic rings. The molecule has 0 aromatic rings. The Labute approximate surface area is 102 Å². The van der Waals surface area contributed by atoms with Gasteiger partial charge in [-0.1, -0.05) is 34.6 Å². The van der Waals surface area contributed by atoms with Gasteiger partial charge >= 0.3 is 0 Å². The number of ether oxygens (including phenoxy) is 1. The van der Waals surface area contributed by atoms with Gasteiger partial charge in [-0.2, -0.15) is 0 Å². The van der Waals surface area contributed by atoms with Crippen LogP contribution in [-0.2, 0) is 4.74 Å². The molecule has 16 heavy (non-hydrogen) atoms. The van der Waals surface area contributed by atoms with Crippen molar-refractivity contribution < 1.29 is 4.74 Å². The molecule has 0 amide bonds. The predicted molar refractivity (Wildman–Crippen MR) is 71.9 cm³/mol. The molecule has 0 fully saturated rings. The summed E-state index contributed by atoms with van der Waals surface area (Å²) in [7, 11) is 3.89. The summed E-state index contributed by atoms with van der Waals surface area (Å²) in [6.45, 7) is 11.3. The molecule has 1 unspecified atom stereocenters. The summed E-state index contributed by atoms with van der Waals surface area (Å²) >= 11 is 0. The second-order valence-corrected chi connectivity index (χ2v) is 5.92. The standard InChI is InChI=1S/C14H31NO/c1-8-14(9-2,16-7)12(15-6)10-11-13(3,4)5/h12,15H,8-11H2,1-7H3. The fraction of sp³-hybridized carbons (Fsp3) is 1.00. The monoisotopic (exact) mass is 229 g/mol. The van der Waals surface area contributed by atoms with Crippen LogP contribution in [0, 0.1) is 5.41 Å². The van der Waals surface area contributed by atoms with E-state index < -0.39 is 0 Å². The van der Waals surface area contributed by atoms with Gasteiger partial charge in [0.25, 0.3) is 0 Å². The third-order valence-electron chi connectivity index (χ3n) is 3.77. The van der Waals surface area contributed by atoms with Crippen LogP contribution in [0.5, 0.6) is 0 Å². The SMILES string of the molecule is CCC(CC)(OC)C(CCC(C)(C)C)NC. The van der Waals surface area contributed by atoms with Crippen LogP contribution in [0.2, 0.25) is 0 Å². The normalized spacial score (nSPS) is 15.2. The van der Waals surface area contributed by atoms with Gasteiger partial charge in [-0.3, -0.25) is 0 Å². The minimum atomic E-state index is 0.000000000000000222. The number of likely N-dealkylation sites (N-methyl/N-ethyl adjacent to an activating group) is 1. The highest BCUT2D eigenvalue weighted by molar-refractivity contribution is 4.91. The highest BCUT2D eigenvalue weighted by atomic mass is 16.5. The second kappa shape index (κ2) is 6.61. The summed E-state index contributed by atoms with van der Waals surface area (Å²) in [5.74, 6) is 0. The van der Waals surface area contributed by atoms with Gasteiger partial charge in [0.1, 0.15) is 0 Å². The molecule has 0 radical (unpaired) electrons. The Morgan fingerprint density at radius 3 is 1.88 bits per heavy atom. The lowest BCUT2D eigenvalue weighted by atomic mass is 9.81. The molecule has 1 atom stereocenters. The number of hydrogen-bond donors (Lipinski definition) is 1. The second-order valence-electron chi connectivity index (χ2n) is 5.92. The molecule has 0 saturated carbocycles. The van der Waals surface area contributed by atoms with E-state index in [1.165, 1.54) is 12.8 Å². The highest BCUT2D eigenvalue weighted by Gasteiger charge is 2.35. The lowest BCUT2D eigenvalue weighted by molar-refractivity contribution is -0.0496. The van der Waals surface area contributed by atoms with Crippen molar-refractivity contribution in [3.8, 4) is 0 Å². The van der Waals surface area contributed by atoms with Crippen LogP contribution in [0.4, 0.5) is 0 Å². The Kier molecular flexibility index (Phi) is 6.57. The molecule has 0 saturated heterocycles. The predicted octanol–water partition coefficient (Wildman–Crippen LogP) is 3.61. The number of rotatable bonds is 7. The molecule has 0 spiro atoms. The van der Waals surface area contributed by atoms with Crippen LogP contribution in [0.3, 0.4) is 0 Å². The van der Waals surface area contributed by atoms with Gasteiger partial charge in [0.05, 0.1) is 5.60 Å². The number of methoxy groups -OCH3 is 1. The van der Waals surface area contributed by atoms with E-state index in [1.54, 1.807) is 0 Å². The van der Waals surface area contributed by atoms with E-state index in [0.717, 1.165) is 12.8 Å². The molecule has 1 N–H and O–H groups in total. The number of hydrogen-bond acceptors (Lipinski definition) is 2. The molecule has 0 aliphatic heterocycles. The Hall–Kier alpha value is -0.0800. The quantitative estimate of drug-likeness (QED) is 0.720. The Balaban J connectivity index is 4.56. The Morgan fingerprint density at radius 1 is 1.12 bits per heavy atom. The maximum Gasteiger partial charge on any atom is 0.0825 e. The van der Waals surface area contributed by atoms with Crippen LogP contribution in [0.1, 0.15) is 60.3 Å². The van der Waals surface area contributed by atoms with Crippen molar-refractivity contribution in [3.63, 3.8) is 0 Å². The van der Waals surface area contributed by atoms with E-state index in [0.29, 0.717) is 11.5 Å². The average molecular weight is 229 g/mol. The van der Waals surface area contributed by atoms with Gasteiger partial charge < -0.3 is 10.1 Å². The zero-order valence-electron chi connectivity index (χ0n) is 12.3. The third kappa shape index (κ3) is 4.42. The van der Waals surface area contributed by atoms with Gasteiger partial charge in [-0.15, -0.1) is 0 Å². The van der Waals surface area contributed by atoms with E-state index in [-0.39, 0.29) is 5.60 Å². The lowest BCUT2D eigenvalue weighted by Crippen LogP contribution is -2.50. The molecule has 2 heteroatoms. The largest absolute Gasteiger partial charge is 0.377 e. The molecule has 0 aromatic carbocycles.